The number of phenolic OH excluding ortho intramolecular Hbond substituents is 1. The third-order valence-corrected chi connectivity index (χ3v) is 4.71. The van der Waals surface area contributed by atoms with E-state index in [1.54, 1.807) is 35.2 Å². The predicted molar refractivity (Wildman–Crippen MR) is 94.1 cm³/mol. The van der Waals surface area contributed by atoms with Crippen LogP contribution in [0.2, 0.25) is 0 Å². The van der Waals surface area contributed by atoms with Crippen LogP contribution in [0.4, 0.5) is 0 Å². The molecule has 23 heavy (non-hydrogen) atoms. The molecule has 5 nitrogen and oxygen atoms in total. The van der Waals surface area contributed by atoms with Crippen molar-refractivity contribution in [3.8, 4) is 5.75 Å². The lowest BCUT2D eigenvalue weighted by atomic mass is 10.2. The van der Waals surface area contributed by atoms with Crippen molar-refractivity contribution in [1.29, 1.82) is 0 Å². The van der Waals surface area contributed by atoms with Crippen LogP contribution in [0.25, 0.3) is 6.08 Å². The van der Waals surface area contributed by atoms with E-state index in [1.807, 2.05) is 0 Å². The van der Waals surface area contributed by atoms with Crippen LogP contribution in [0.5, 0.6) is 5.75 Å². The fraction of sp³-hybridized carbons (Fsp3) is 0.312. The number of thioether (sulfide) groups is 1. The fourth-order valence-electron chi connectivity index (χ4n) is 2.14. The summed E-state index contributed by atoms with van der Waals surface area (Å²) in [6.07, 6.45) is 3.99. The number of aliphatic carboxylic acids is 1. The van der Waals surface area contributed by atoms with Crippen molar-refractivity contribution in [1.82, 2.24) is 4.90 Å². The number of carboxylic acids is 1. The SMILES string of the molecule is O=C(O)CCCCCN1C(=O)/C(=C/c2ccc(O)cc2)SC1=S. The molecule has 0 aromatic heterocycles. The minimum Gasteiger partial charge on any atom is -0.508 e. The van der Waals surface area contributed by atoms with Gasteiger partial charge in [-0.3, -0.25) is 14.5 Å². The van der Waals surface area contributed by atoms with E-state index < -0.39 is 5.97 Å². The zero-order valence-corrected chi connectivity index (χ0v) is 14.0. The summed E-state index contributed by atoms with van der Waals surface area (Å²) in [4.78, 5) is 24.9. The van der Waals surface area contributed by atoms with Gasteiger partial charge in [-0.25, -0.2) is 0 Å². The first-order valence-electron chi connectivity index (χ1n) is 7.23. The van der Waals surface area contributed by atoms with Crippen LogP contribution in [0.1, 0.15) is 31.2 Å². The van der Waals surface area contributed by atoms with E-state index in [4.69, 9.17) is 17.3 Å². The minimum absolute atomic E-state index is 0.119. The van der Waals surface area contributed by atoms with E-state index >= 15 is 0 Å². The largest absolute Gasteiger partial charge is 0.508 e. The first-order chi connectivity index (χ1) is 11.0. The van der Waals surface area contributed by atoms with Crippen LogP contribution in [-0.4, -0.2) is 37.9 Å². The highest BCUT2D eigenvalue weighted by Crippen LogP contribution is 2.32. The number of carbonyl (C=O) groups excluding carboxylic acids is 1. The van der Waals surface area contributed by atoms with Gasteiger partial charge in [0.25, 0.3) is 5.91 Å². The lowest BCUT2D eigenvalue weighted by Crippen LogP contribution is -2.29. The molecule has 0 atom stereocenters. The maximum atomic E-state index is 12.4. The molecule has 2 rings (SSSR count). The van der Waals surface area contributed by atoms with Crippen molar-refractivity contribution >= 4 is 46.3 Å². The molecule has 0 spiro atoms. The van der Waals surface area contributed by atoms with Crippen molar-refractivity contribution in [2.45, 2.75) is 25.7 Å². The molecule has 122 valence electrons. The average Bonchev–Trinajstić information content (AvgIpc) is 2.76. The van der Waals surface area contributed by atoms with Crippen molar-refractivity contribution in [3.63, 3.8) is 0 Å². The van der Waals surface area contributed by atoms with Gasteiger partial charge in [0.1, 0.15) is 10.1 Å². The number of phenols is 1. The van der Waals surface area contributed by atoms with Gasteiger partial charge in [-0.1, -0.05) is 42.5 Å². The molecule has 1 aliphatic rings. The second kappa shape index (κ2) is 8.12. The molecule has 0 bridgehead atoms. The molecule has 1 aromatic carbocycles. The maximum absolute atomic E-state index is 12.4. The molecule has 7 heteroatoms. The van der Waals surface area contributed by atoms with Crippen molar-refractivity contribution in [2.75, 3.05) is 6.54 Å². The molecule has 2 N–H and O–H groups in total. The molecule has 0 unspecified atom stereocenters. The number of rotatable bonds is 7. The summed E-state index contributed by atoms with van der Waals surface area (Å²) >= 11 is 6.51. The van der Waals surface area contributed by atoms with E-state index in [2.05, 4.69) is 0 Å². The summed E-state index contributed by atoms with van der Waals surface area (Å²) in [6, 6.07) is 6.59. The first kappa shape index (κ1) is 17.5. The molecular weight excluding hydrogens is 334 g/mol. The van der Waals surface area contributed by atoms with Crippen LogP contribution in [0.15, 0.2) is 29.2 Å². The fourth-order valence-corrected chi connectivity index (χ4v) is 3.45. The quantitative estimate of drug-likeness (QED) is 0.446. The van der Waals surface area contributed by atoms with E-state index in [0.717, 1.165) is 18.4 Å². The van der Waals surface area contributed by atoms with Gasteiger partial charge in [-0.05, 0) is 36.6 Å². The lowest BCUT2D eigenvalue weighted by molar-refractivity contribution is -0.137. The Kier molecular flexibility index (Phi) is 6.18. The topological polar surface area (TPSA) is 77.8 Å². The normalized spacial score (nSPS) is 16.3. The Morgan fingerprint density at radius 1 is 1.22 bits per heavy atom. The van der Waals surface area contributed by atoms with E-state index in [1.165, 1.54) is 11.8 Å². The first-order valence-corrected chi connectivity index (χ1v) is 8.46. The Bertz CT molecular complexity index is 640. The molecule has 0 aliphatic carbocycles. The van der Waals surface area contributed by atoms with Gasteiger partial charge in [0, 0.05) is 13.0 Å². The molecule has 1 saturated heterocycles. The lowest BCUT2D eigenvalue weighted by Gasteiger charge is -2.13. The molecule has 1 fully saturated rings. The third kappa shape index (κ3) is 5.07. The van der Waals surface area contributed by atoms with Gasteiger partial charge >= 0.3 is 5.97 Å². The zero-order chi connectivity index (χ0) is 16.8. The molecule has 1 amide bonds. The zero-order valence-electron chi connectivity index (χ0n) is 12.4. The number of unbranched alkanes of at least 4 members (excludes halogenated alkanes) is 2. The highest BCUT2D eigenvalue weighted by atomic mass is 32.2. The second-order valence-electron chi connectivity index (χ2n) is 5.13. The molecule has 1 aromatic rings. The molecule has 0 saturated carbocycles. The van der Waals surface area contributed by atoms with E-state index in [-0.39, 0.29) is 18.1 Å². The summed E-state index contributed by atoms with van der Waals surface area (Å²) in [5, 5.41) is 17.9. The summed E-state index contributed by atoms with van der Waals surface area (Å²) in [7, 11) is 0. The highest BCUT2D eigenvalue weighted by molar-refractivity contribution is 8.26. The van der Waals surface area contributed by atoms with Crippen molar-refractivity contribution < 1.29 is 19.8 Å². The summed E-state index contributed by atoms with van der Waals surface area (Å²) < 4.78 is 0.526. The van der Waals surface area contributed by atoms with Gasteiger partial charge in [0.05, 0.1) is 4.91 Å². The van der Waals surface area contributed by atoms with E-state index in [0.29, 0.717) is 22.2 Å². The van der Waals surface area contributed by atoms with Crippen LogP contribution in [-0.2, 0) is 9.59 Å². The van der Waals surface area contributed by atoms with Gasteiger partial charge in [0.15, 0.2) is 0 Å². The Hall–Kier alpha value is -1.86. The van der Waals surface area contributed by atoms with Crippen LogP contribution >= 0.6 is 24.0 Å². The second-order valence-corrected chi connectivity index (χ2v) is 6.81. The number of thiocarbonyl (C=S) groups is 1. The Morgan fingerprint density at radius 3 is 2.57 bits per heavy atom. The summed E-state index contributed by atoms with van der Waals surface area (Å²) in [6.45, 7) is 0.511. The van der Waals surface area contributed by atoms with Crippen molar-refractivity contribution in [2.24, 2.45) is 0 Å². The Balaban J connectivity index is 1.91. The van der Waals surface area contributed by atoms with Gasteiger partial charge in [-0.2, -0.15) is 0 Å². The standard InChI is InChI=1S/C16H17NO4S2/c18-12-7-5-11(6-8-12)10-13-15(21)17(16(22)23-13)9-3-1-2-4-14(19)20/h5-8,10,18H,1-4,9H2,(H,19,20)/b13-10-. The van der Waals surface area contributed by atoms with Crippen LogP contribution in [0.3, 0.4) is 0 Å². The number of aromatic hydroxyl groups is 1. The summed E-state index contributed by atoms with van der Waals surface area (Å²) in [5.74, 6) is -0.741. The number of hydrogen-bond acceptors (Lipinski definition) is 5. The van der Waals surface area contributed by atoms with Crippen molar-refractivity contribution in [3.05, 3.63) is 34.7 Å². The predicted octanol–water partition coefficient (Wildman–Crippen LogP) is 3.24. The molecule has 1 heterocycles. The highest BCUT2D eigenvalue weighted by Gasteiger charge is 2.31. The summed E-state index contributed by atoms with van der Waals surface area (Å²) in [5.41, 5.74) is 0.824. The number of hydrogen-bond donors (Lipinski definition) is 2. The van der Waals surface area contributed by atoms with Gasteiger partial charge < -0.3 is 10.2 Å². The number of amides is 1. The minimum atomic E-state index is -0.799. The molecule has 0 radical (unpaired) electrons. The van der Waals surface area contributed by atoms with E-state index in [9.17, 15) is 14.7 Å². The monoisotopic (exact) mass is 351 g/mol. The molecular formula is C16H17NO4S2. The number of carbonyl (C=O) groups is 2. The maximum Gasteiger partial charge on any atom is 0.303 e. The van der Waals surface area contributed by atoms with Gasteiger partial charge in [-0.15, -0.1) is 0 Å². The number of benzene rings is 1. The van der Waals surface area contributed by atoms with Crippen LogP contribution in [0, 0.1) is 0 Å². The number of nitrogens with zero attached hydrogens (tertiary/aromatic N) is 1. The van der Waals surface area contributed by atoms with Gasteiger partial charge in [0.2, 0.25) is 0 Å². The smallest absolute Gasteiger partial charge is 0.303 e. The number of carboxylic acid groups (broad SMARTS) is 1. The third-order valence-electron chi connectivity index (χ3n) is 3.34. The molecule has 1 aliphatic heterocycles. The average molecular weight is 351 g/mol. The Labute approximate surface area is 144 Å². The van der Waals surface area contributed by atoms with Crippen LogP contribution < -0.4 is 0 Å². The Morgan fingerprint density at radius 2 is 1.91 bits per heavy atom.